The number of hydrogen-bond donors (Lipinski definition) is 1. The number of nitrogen functional groups attached to an aromatic ring is 1. The average molecular weight is 263 g/mol. The number of pyridine rings is 1. The smallest absolute Gasteiger partial charge is 0.340 e. The van der Waals surface area contributed by atoms with E-state index in [9.17, 15) is 4.79 Å². The maximum atomic E-state index is 11.8. The quantitative estimate of drug-likeness (QED) is 0.682. The zero-order chi connectivity index (χ0) is 13.0. The SMILES string of the molecule is Nc1ccc(Cl)c(C(=O)OCc2cccnc2)c1. The monoisotopic (exact) mass is 262 g/mol. The maximum Gasteiger partial charge on any atom is 0.340 e. The van der Waals surface area contributed by atoms with Crippen molar-refractivity contribution < 1.29 is 9.53 Å². The number of halogens is 1. The first-order valence-electron chi connectivity index (χ1n) is 5.28. The fraction of sp³-hybridized carbons (Fsp3) is 0.0769. The molecule has 0 saturated carbocycles. The van der Waals surface area contributed by atoms with Gasteiger partial charge in [0, 0.05) is 23.6 Å². The van der Waals surface area contributed by atoms with Crippen LogP contribution in [0.15, 0.2) is 42.7 Å². The molecule has 0 bridgehead atoms. The Hall–Kier alpha value is -2.07. The van der Waals surface area contributed by atoms with Gasteiger partial charge in [0.15, 0.2) is 0 Å². The molecule has 18 heavy (non-hydrogen) atoms. The maximum absolute atomic E-state index is 11.8. The Bertz CT molecular complexity index is 558. The van der Waals surface area contributed by atoms with Crippen LogP contribution in [0, 0.1) is 0 Å². The van der Waals surface area contributed by atoms with E-state index in [1.807, 2.05) is 6.07 Å². The molecule has 92 valence electrons. The molecule has 0 aliphatic heterocycles. The second-order valence-electron chi connectivity index (χ2n) is 3.68. The summed E-state index contributed by atoms with van der Waals surface area (Å²) in [6.45, 7) is 0.151. The molecule has 2 N–H and O–H groups in total. The molecule has 0 amide bonds. The fourth-order valence-corrected chi connectivity index (χ4v) is 1.60. The van der Waals surface area contributed by atoms with E-state index >= 15 is 0 Å². The molecule has 0 spiro atoms. The molecule has 0 fully saturated rings. The summed E-state index contributed by atoms with van der Waals surface area (Å²) < 4.78 is 5.13. The molecule has 2 rings (SSSR count). The van der Waals surface area contributed by atoms with Gasteiger partial charge in [0.05, 0.1) is 10.6 Å². The number of benzene rings is 1. The van der Waals surface area contributed by atoms with Gasteiger partial charge in [-0.25, -0.2) is 4.79 Å². The lowest BCUT2D eigenvalue weighted by molar-refractivity contribution is 0.0472. The van der Waals surface area contributed by atoms with E-state index in [1.54, 1.807) is 30.6 Å². The zero-order valence-electron chi connectivity index (χ0n) is 9.47. The highest BCUT2D eigenvalue weighted by molar-refractivity contribution is 6.33. The summed E-state index contributed by atoms with van der Waals surface area (Å²) >= 11 is 5.90. The number of esters is 1. The van der Waals surface area contributed by atoms with Crippen molar-refractivity contribution in [1.82, 2.24) is 4.98 Å². The summed E-state index contributed by atoms with van der Waals surface area (Å²) in [4.78, 5) is 15.7. The van der Waals surface area contributed by atoms with Gasteiger partial charge in [0.2, 0.25) is 0 Å². The third-order valence-electron chi connectivity index (χ3n) is 2.30. The number of hydrogen-bond acceptors (Lipinski definition) is 4. The Labute approximate surface area is 109 Å². The lowest BCUT2D eigenvalue weighted by Crippen LogP contribution is -2.06. The van der Waals surface area contributed by atoms with Crippen LogP contribution in [0.5, 0.6) is 0 Å². The van der Waals surface area contributed by atoms with Gasteiger partial charge in [-0.3, -0.25) is 4.98 Å². The minimum Gasteiger partial charge on any atom is -0.457 e. The van der Waals surface area contributed by atoms with E-state index in [-0.39, 0.29) is 12.2 Å². The molecular formula is C13H11ClN2O2. The first kappa shape index (κ1) is 12.4. The van der Waals surface area contributed by atoms with Crippen LogP contribution in [0.2, 0.25) is 5.02 Å². The van der Waals surface area contributed by atoms with Crippen molar-refractivity contribution >= 4 is 23.3 Å². The van der Waals surface area contributed by atoms with Crippen molar-refractivity contribution in [1.29, 1.82) is 0 Å². The lowest BCUT2D eigenvalue weighted by atomic mass is 10.2. The molecule has 0 unspecified atom stereocenters. The van der Waals surface area contributed by atoms with Crippen LogP contribution in [0.25, 0.3) is 0 Å². The molecule has 0 aliphatic rings. The molecular weight excluding hydrogens is 252 g/mol. The Morgan fingerprint density at radius 3 is 2.94 bits per heavy atom. The second kappa shape index (κ2) is 5.51. The van der Waals surface area contributed by atoms with E-state index < -0.39 is 5.97 Å². The van der Waals surface area contributed by atoms with Crippen LogP contribution in [0.4, 0.5) is 5.69 Å². The predicted octanol–water partition coefficient (Wildman–Crippen LogP) is 2.67. The summed E-state index contributed by atoms with van der Waals surface area (Å²) in [5, 5.41) is 0.320. The van der Waals surface area contributed by atoms with Crippen LogP contribution in [-0.4, -0.2) is 11.0 Å². The standard InChI is InChI=1S/C13H11ClN2O2/c14-12-4-3-10(15)6-11(12)13(17)18-8-9-2-1-5-16-7-9/h1-7H,8,15H2. The van der Waals surface area contributed by atoms with Crippen molar-refractivity contribution in [3.05, 3.63) is 58.9 Å². The lowest BCUT2D eigenvalue weighted by Gasteiger charge is -2.06. The Morgan fingerprint density at radius 2 is 2.22 bits per heavy atom. The Kier molecular flexibility index (Phi) is 3.79. The van der Waals surface area contributed by atoms with E-state index in [2.05, 4.69) is 4.98 Å². The van der Waals surface area contributed by atoms with Crippen molar-refractivity contribution in [2.24, 2.45) is 0 Å². The van der Waals surface area contributed by atoms with Gasteiger partial charge in [-0.1, -0.05) is 17.7 Å². The largest absolute Gasteiger partial charge is 0.457 e. The third-order valence-corrected chi connectivity index (χ3v) is 2.63. The van der Waals surface area contributed by atoms with Crippen LogP contribution >= 0.6 is 11.6 Å². The summed E-state index contributed by atoms with van der Waals surface area (Å²) in [5.74, 6) is -0.504. The van der Waals surface area contributed by atoms with Crippen LogP contribution < -0.4 is 5.73 Å². The summed E-state index contributed by atoms with van der Waals surface area (Å²) in [6, 6.07) is 8.28. The van der Waals surface area contributed by atoms with Gasteiger partial charge in [0.25, 0.3) is 0 Å². The number of nitrogens with zero attached hydrogens (tertiary/aromatic N) is 1. The number of carbonyl (C=O) groups excluding carboxylic acids is 1. The molecule has 5 heteroatoms. The number of aromatic nitrogens is 1. The average Bonchev–Trinajstić information content (AvgIpc) is 2.40. The van der Waals surface area contributed by atoms with Crippen LogP contribution in [0.3, 0.4) is 0 Å². The van der Waals surface area contributed by atoms with Gasteiger partial charge in [-0.05, 0) is 24.3 Å². The van der Waals surface area contributed by atoms with Gasteiger partial charge < -0.3 is 10.5 Å². The molecule has 1 heterocycles. The van der Waals surface area contributed by atoms with Crippen LogP contribution in [0.1, 0.15) is 15.9 Å². The van der Waals surface area contributed by atoms with Gasteiger partial charge in [-0.2, -0.15) is 0 Å². The van der Waals surface area contributed by atoms with Gasteiger partial charge in [-0.15, -0.1) is 0 Å². The highest BCUT2D eigenvalue weighted by atomic mass is 35.5. The predicted molar refractivity (Wildman–Crippen MR) is 69.2 cm³/mol. The molecule has 0 saturated heterocycles. The van der Waals surface area contributed by atoms with Crippen molar-refractivity contribution in [3.63, 3.8) is 0 Å². The van der Waals surface area contributed by atoms with Crippen molar-refractivity contribution in [3.8, 4) is 0 Å². The van der Waals surface area contributed by atoms with Gasteiger partial charge in [0.1, 0.15) is 6.61 Å². The Morgan fingerprint density at radius 1 is 1.39 bits per heavy atom. The first-order chi connectivity index (χ1) is 8.66. The minimum atomic E-state index is -0.504. The van der Waals surface area contributed by atoms with E-state index in [4.69, 9.17) is 22.1 Å². The molecule has 1 aromatic heterocycles. The topological polar surface area (TPSA) is 65.2 Å². The first-order valence-corrected chi connectivity index (χ1v) is 5.65. The normalized spacial score (nSPS) is 10.1. The number of ether oxygens (including phenoxy) is 1. The third kappa shape index (κ3) is 2.99. The zero-order valence-corrected chi connectivity index (χ0v) is 10.2. The molecule has 1 aromatic carbocycles. The summed E-state index contributed by atoms with van der Waals surface area (Å²) in [6.07, 6.45) is 3.29. The second-order valence-corrected chi connectivity index (χ2v) is 4.08. The fourth-order valence-electron chi connectivity index (χ4n) is 1.41. The summed E-state index contributed by atoms with van der Waals surface area (Å²) in [7, 11) is 0. The molecule has 0 radical (unpaired) electrons. The van der Waals surface area contributed by atoms with Crippen molar-refractivity contribution in [2.45, 2.75) is 6.61 Å². The van der Waals surface area contributed by atoms with E-state index in [0.29, 0.717) is 10.7 Å². The number of nitrogens with two attached hydrogens (primary N) is 1. The molecule has 0 aliphatic carbocycles. The number of carbonyl (C=O) groups is 1. The number of anilines is 1. The summed E-state index contributed by atoms with van der Waals surface area (Å²) in [5.41, 5.74) is 7.14. The van der Waals surface area contributed by atoms with Gasteiger partial charge >= 0.3 is 5.97 Å². The minimum absolute atomic E-state index is 0.151. The number of rotatable bonds is 3. The highest BCUT2D eigenvalue weighted by Gasteiger charge is 2.12. The highest BCUT2D eigenvalue weighted by Crippen LogP contribution is 2.20. The molecule has 4 nitrogen and oxygen atoms in total. The van der Waals surface area contributed by atoms with E-state index in [1.165, 1.54) is 6.07 Å². The van der Waals surface area contributed by atoms with Crippen LogP contribution in [-0.2, 0) is 11.3 Å². The Balaban J connectivity index is 2.06. The molecule has 2 aromatic rings. The molecule has 0 atom stereocenters. The van der Waals surface area contributed by atoms with Crippen molar-refractivity contribution in [2.75, 3.05) is 5.73 Å². The van der Waals surface area contributed by atoms with E-state index in [0.717, 1.165) is 5.56 Å².